The second-order valence-corrected chi connectivity index (χ2v) is 6.91. The summed E-state index contributed by atoms with van der Waals surface area (Å²) in [6.45, 7) is 5.00. The van der Waals surface area contributed by atoms with Crippen LogP contribution in [0.3, 0.4) is 0 Å². The predicted molar refractivity (Wildman–Crippen MR) is 101 cm³/mol. The summed E-state index contributed by atoms with van der Waals surface area (Å²) in [5, 5.41) is 10.7. The first-order chi connectivity index (χ1) is 12.5. The van der Waals surface area contributed by atoms with Crippen LogP contribution in [0.2, 0.25) is 0 Å². The Labute approximate surface area is 152 Å². The number of hydrogen-bond donors (Lipinski definition) is 0. The molecule has 0 bridgehead atoms. The molecule has 0 aliphatic carbocycles. The maximum Gasteiger partial charge on any atom is 0.112 e. The molecule has 0 atom stereocenters. The molecule has 136 valence electrons. The monoisotopic (exact) mass is 355 g/mol. The Morgan fingerprint density at radius 3 is 2.58 bits per heavy atom. The molecule has 0 N–H and O–H groups in total. The van der Waals surface area contributed by atoms with Gasteiger partial charge in [-0.15, -0.1) is 0 Å². The molecule has 2 aromatic rings. The van der Waals surface area contributed by atoms with Crippen LogP contribution < -0.4 is 0 Å². The Morgan fingerprint density at radius 1 is 1.23 bits per heavy atom. The Balaban J connectivity index is 2.33. The van der Waals surface area contributed by atoms with Gasteiger partial charge in [0.1, 0.15) is 19.4 Å². The fraction of sp³-hybridized carbons (Fsp3) is 0.381. The number of hydrogen-bond acceptors (Lipinski definition) is 2. The van der Waals surface area contributed by atoms with Crippen LogP contribution in [0.4, 0.5) is 8.78 Å². The van der Waals surface area contributed by atoms with Gasteiger partial charge in [-0.25, -0.2) is 8.78 Å². The van der Waals surface area contributed by atoms with Crippen molar-refractivity contribution in [2.45, 2.75) is 32.9 Å². The average molecular weight is 355 g/mol. The maximum atomic E-state index is 13.4. The van der Waals surface area contributed by atoms with Gasteiger partial charge in [0.05, 0.1) is 28.5 Å². The number of rotatable bonds is 5. The number of fused-ring (bicyclic) bond motifs is 1. The molecule has 26 heavy (non-hydrogen) atoms. The Morgan fingerprint density at radius 2 is 1.96 bits per heavy atom. The van der Waals surface area contributed by atoms with Crippen LogP contribution in [0.1, 0.15) is 36.7 Å². The highest BCUT2D eigenvalue weighted by molar-refractivity contribution is 5.93. The molecule has 3 rings (SSSR count). The number of aromatic nitrogens is 1. The number of alkyl halides is 2. The first-order valence-electron chi connectivity index (χ1n) is 8.83. The van der Waals surface area contributed by atoms with E-state index in [4.69, 9.17) is 0 Å². The lowest BCUT2D eigenvalue weighted by atomic mass is 10.1. The molecule has 0 spiro atoms. The zero-order valence-corrected chi connectivity index (χ0v) is 15.3. The standard InChI is InChI=1S/C21H23F2N3/c1-14(2)26-20-10-15(3)7-8-17(20)18(13-24)21(26)19-6-4-5-9-25(19)16(11-22)12-23/h4-8,10,14,16H,9,11-12H2,1-3H3. The van der Waals surface area contributed by atoms with E-state index in [1.807, 2.05) is 37.3 Å². The summed E-state index contributed by atoms with van der Waals surface area (Å²) in [7, 11) is 0. The number of halogens is 2. The van der Waals surface area contributed by atoms with E-state index in [0.717, 1.165) is 22.2 Å². The average Bonchev–Trinajstić information content (AvgIpc) is 2.96. The van der Waals surface area contributed by atoms with Gasteiger partial charge in [0.15, 0.2) is 0 Å². The minimum absolute atomic E-state index is 0.0965. The van der Waals surface area contributed by atoms with E-state index in [2.05, 4.69) is 30.6 Å². The third-order valence-electron chi connectivity index (χ3n) is 4.83. The van der Waals surface area contributed by atoms with Crippen molar-refractivity contribution < 1.29 is 8.78 Å². The van der Waals surface area contributed by atoms with E-state index in [1.54, 1.807) is 4.90 Å². The smallest absolute Gasteiger partial charge is 0.112 e. The molecule has 0 unspecified atom stereocenters. The number of aryl methyl sites for hydroxylation is 1. The molecular formula is C21H23F2N3. The highest BCUT2D eigenvalue weighted by Gasteiger charge is 2.29. The summed E-state index contributed by atoms with van der Waals surface area (Å²) in [6.07, 6.45) is 5.61. The molecule has 2 heterocycles. The van der Waals surface area contributed by atoms with Crippen LogP contribution in [0.15, 0.2) is 36.4 Å². The van der Waals surface area contributed by atoms with Crippen molar-refractivity contribution in [3.05, 3.63) is 53.2 Å². The highest BCUT2D eigenvalue weighted by Crippen LogP contribution is 2.37. The first-order valence-corrected chi connectivity index (χ1v) is 8.83. The van der Waals surface area contributed by atoms with Crippen molar-refractivity contribution in [1.82, 2.24) is 9.47 Å². The van der Waals surface area contributed by atoms with Crippen molar-refractivity contribution in [2.24, 2.45) is 0 Å². The minimum Gasteiger partial charge on any atom is -0.358 e. The predicted octanol–water partition coefficient (Wildman–Crippen LogP) is 4.92. The Bertz CT molecular complexity index is 911. The van der Waals surface area contributed by atoms with Crippen molar-refractivity contribution >= 4 is 16.6 Å². The molecular weight excluding hydrogens is 332 g/mol. The fourth-order valence-electron chi connectivity index (χ4n) is 3.62. The van der Waals surface area contributed by atoms with Crippen LogP contribution in [-0.2, 0) is 0 Å². The Hall–Kier alpha value is -2.61. The van der Waals surface area contributed by atoms with Crippen LogP contribution in [0.25, 0.3) is 16.6 Å². The minimum atomic E-state index is -0.849. The molecule has 1 aromatic heterocycles. The molecule has 1 aromatic carbocycles. The first kappa shape index (κ1) is 18.2. The van der Waals surface area contributed by atoms with Crippen molar-refractivity contribution in [3.63, 3.8) is 0 Å². The van der Waals surface area contributed by atoms with E-state index < -0.39 is 19.4 Å². The normalized spacial score (nSPS) is 14.4. The van der Waals surface area contributed by atoms with Gasteiger partial charge in [0.2, 0.25) is 0 Å². The topological polar surface area (TPSA) is 32.0 Å². The molecule has 0 saturated heterocycles. The van der Waals surface area contributed by atoms with E-state index in [1.165, 1.54) is 0 Å². The molecule has 0 amide bonds. The summed E-state index contributed by atoms with van der Waals surface area (Å²) < 4.78 is 29.0. The van der Waals surface area contributed by atoms with Gasteiger partial charge in [-0.05, 0) is 38.5 Å². The van der Waals surface area contributed by atoms with Gasteiger partial charge >= 0.3 is 0 Å². The lowest BCUT2D eigenvalue weighted by Crippen LogP contribution is -2.39. The fourth-order valence-corrected chi connectivity index (χ4v) is 3.62. The molecule has 1 aliphatic rings. The van der Waals surface area contributed by atoms with Crippen molar-refractivity contribution in [1.29, 1.82) is 5.26 Å². The zero-order chi connectivity index (χ0) is 18.8. The summed E-state index contributed by atoms with van der Waals surface area (Å²) >= 11 is 0. The highest BCUT2D eigenvalue weighted by atomic mass is 19.1. The summed E-state index contributed by atoms with van der Waals surface area (Å²) in [5.74, 6) is 0. The van der Waals surface area contributed by atoms with Gasteiger partial charge in [0.25, 0.3) is 0 Å². The van der Waals surface area contributed by atoms with Gasteiger partial charge in [-0.3, -0.25) is 0 Å². The Kier molecular flexibility index (Phi) is 5.13. The van der Waals surface area contributed by atoms with Crippen LogP contribution in [0, 0.1) is 18.3 Å². The molecule has 0 saturated carbocycles. The van der Waals surface area contributed by atoms with E-state index in [0.29, 0.717) is 17.8 Å². The van der Waals surface area contributed by atoms with Gasteiger partial charge in [0, 0.05) is 18.0 Å². The molecule has 5 heteroatoms. The lowest BCUT2D eigenvalue weighted by molar-refractivity contribution is 0.211. The molecule has 0 radical (unpaired) electrons. The second-order valence-electron chi connectivity index (χ2n) is 6.91. The number of allylic oxidation sites excluding steroid dienone is 2. The van der Waals surface area contributed by atoms with Crippen LogP contribution in [-0.4, -0.2) is 35.4 Å². The summed E-state index contributed by atoms with van der Waals surface area (Å²) in [5.41, 5.74) is 4.06. The molecule has 0 fully saturated rings. The SMILES string of the molecule is Cc1ccc2c(C#N)c(C3=CC=CCN3C(CF)CF)n(C(C)C)c2c1. The zero-order valence-electron chi connectivity index (χ0n) is 15.3. The molecule has 3 nitrogen and oxygen atoms in total. The van der Waals surface area contributed by atoms with E-state index >= 15 is 0 Å². The third-order valence-corrected chi connectivity index (χ3v) is 4.83. The number of nitrogens with zero attached hydrogens (tertiary/aromatic N) is 3. The van der Waals surface area contributed by atoms with E-state index in [9.17, 15) is 14.0 Å². The van der Waals surface area contributed by atoms with Gasteiger partial charge < -0.3 is 9.47 Å². The lowest BCUT2D eigenvalue weighted by Gasteiger charge is -2.34. The van der Waals surface area contributed by atoms with Crippen LogP contribution in [0.5, 0.6) is 0 Å². The summed E-state index contributed by atoms with van der Waals surface area (Å²) in [6, 6.07) is 7.57. The largest absolute Gasteiger partial charge is 0.358 e. The van der Waals surface area contributed by atoms with Crippen molar-refractivity contribution in [2.75, 3.05) is 19.9 Å². The van der Waals surface area contributed by atoms with Gasteiger partial charge in [-0.1, -0.05) is 24.3 Å². The number of benzene rings is 1. The van der Waals surface area contributed by atoms with Gasteiger partial charge in [-0.2, -0.15) is 5.26 Å². The van der Waals surface area contributed by atoms with Crippen molar-refractivity contribution in [3.8, 4) is 6.07 Å². The maximum absolute atomic E-state index is 13.4. The summed E-state index contributed by atoms with van der Waals surface area (Å²) in [4.78, 5) is 1.72. The molecule has 1 aliphatic heterocycles. The van der Waals surface area contributed by atoms with E-state index in [-0.39, 0.29) is 6.04 Å². The third kappa shape index (κ3) is 2.90. The number of nitriles is 1. The quantitative estimate of drug-likeness (QED) is 0.762. The van der Waals surface area contributed by atoms with Crippen LogP contribution >= 0.6 is 0 Å². The second kappa shape index (κ2) is 7.33.